The minimum atomic E-state index is -0.939. The van der Waals surface area contributed by atoms with Crippen LogP contribution in [0.5, 0.6) is 5.75 Å². The Morgan fingerprint density at radius 2 is 1.77 bits per heavy atom. The number of ether oxygens (including phenoxy) is 1. The van der Waals surface area contributed by atoms with Gasteiger partial charge >= 0.3 is 5.97 Å². The molecule has 0 aliphatic heterocycles. The third-order valence-corrected chi connectivity index (χ3v) is 6.02. The van der Waals surface area contributed by atoms with Crippen molar-refractivity contribution in [3.05, 3.63) is 65.4 Å². The normalized spacial score (nSPS) is 12.6. The number of aromatic nitrogens is 1. The molecule has 0 saturated carbocycles. The van der Waals surface area contributed by atoms with Crippen LogP contribution in [0.1, 0.15) is 57.4 Å². The van der Waals surface area contributed by atoms with Crippen LogP contribution in [0.2, 0.25) is 0 Å². The average Bonchev–Trinajstić information content (AvgIpc) is 2.79. The number of amides is 1. The van der Waals surface area contributed by atoms with E-state index in [1.165, 1.54) is 0 Å². The smallest absolute Gasteiger partial charge is 0.311 e. The lowest BCUT2D eigenvalue weighted by molar-refractivity contribution is -0.138. The summed E-state index contributed by atoms with van der Waals surface area (Å²) < 4.78 is 5.59. The predicted octanol–water partition coefficient (Wildman–Crippen LogP) is 6.00. The molecule has 3 aromatic rings. The minimum absolute atomic E-state index is 0.0413. The summed E-state index contributed by atoms with van der Waals surface area (Å²) in [5.41, 5.74) is 3.22. The molecule has 6 heteroatoms. The Morgan fingerprint density at radius 3 is 2.37 bits per heavy atom. The van der Waals surface area contributed by atoms with Crippen LogP contribution in [0.25, 0.3) is 10.9 Å². The number of aryl methyl sites for hydroxylation is 1. The van der Waals surface area contributed by atoms with Crippen molar-refractivity contribution < 1.29 is 19.4 Å². The number of methoxy groups -OCH3 is 1. The van der Waals surface area contributed by atoms with Crippen molar-refractivity contribution in [2.45, 2.75) is 53.9 Å². The number of carbonyl (C=O) groups is 2. The molecule has 0 radical (unpaired) electrons. The topological polar surface area (TPSA) is 79.7 Å². The van der Waals surface area contributed by atoms with E-state index < -0.39 is 17.3 Å². The minimum Gasteiger partial charge on any atom is -0.495 e. The highest BCUT2D eigenvalue weighted by atomic mass is 16.5. The van der Waals surface area contributed by atoms with Crippen molar-refractivity contribution in [3.63, 3.8) is 0 Å². The summed E-state index contributed by atoms with van der Waals surface area (Å²) in [6.07, 6.45) is 0.240. The molecule has 0 aliphatic carbocycles. The highest BCUT2D eigenvalue weighted by molar-refractivity contribution is 5.98. The number of fused-ring (bicyclic) bond motifs is 1. The second-order valence-electron chi connectivity index (χ2n) is 10.5. The lowest BCUT2D eigenvalue weighted by Crippen LogP contribution is -2.42. The Hall–Kier alpha value is -3.41. The number of aliphatic carboxylic acids is 1. The van der Waals surface area contributed by atoms with Crippen LogP contribution in [0.3, 0.4) is 0 Å². The van der Waals surface area contributed by atoms with Gasteiger partial charge in [-0.3, -0.25) is 14.6 Å². The molecule has 3 rings (SSSR count). The lowest BCUT2D eigenvalue weighted by atomic mass is 9.91. The number of carboxylic acids is 1. The van der Waals surface area contributed by atoms with E-state index in [9.17, 15) is 14.7 Å². The highest BCUT2D eigenvalue weighted by Crippen LogP contribution is 2.36. The van der Waals surface area contributed by atoms with E-state index in [1.807, 2.05) is 71.9 Å². The van der Waals surface area contributed by atoms with Gasteiger partial charge in [0.15, 0.2) is 0 Å². The zero-order valence-electron chi connectivity index (χ0n) is 21.8. The molecular weight excluding hydrogens is 440 g/mol. The van der Waals surface area contributed by atoms with Gasteiger partial charge in [0, 0.05) is 29.5 Å². The van der Waals surface area contributed by atoms with Crippen LogP contribution in [0.4, 0.5) is 5.69 Å². The molecule has 1 aromatic heterocycles. The molecule has 0 saturated heterocycles. The first-order valence-electron chi connectivity index (χ1n) is 12.0. The molecule has 186 valence electrons. The number of nitrogens with zero attached hydrogens (tertiary/aromatic N) is 2. The molecule has 1 N–H and O–H groups in total. The fourth-order valence-corrected chi connectivity index (χ4v) is 4.28. The van der Waals surface area contributed by atoms with Crippen LogP contribution in [-0.2, 0) is 16.0 Å². The van der Waals surface area contributed by atoms with Crippen molar-refractivity contribution >= 4 is 28.5 Å². The number of carboxylic acid groups (broad SMARTS) is 1. The van der Waals surface area contributed by atoms with E-state index in [0.717, 1.165) is 22.2 Å². The van der Waals surface area contributed by atoms with Crippen molar-refractivity contribution in [2.75, 3.05) is 18.6 Å². The fraction of sp³-hybridized carbons (Fsp3) is 0.414. The number of carbonyl (C=O) groups excluding carboxylic acids is 1. The molecule has 1 unspecified atom stereocenters. The summed E-state index contributed by atoms with van der Waals surface area (Å²) in [5, 5.41) is 11.2. The van der Waals surface area contributed by atoms with Gasteiger partial charge in [0.1, 0.15) is 5.75 Å². The first-order valence-corrected chi connectivity index (χ1v) is 12.0. The maximum absolute atomic E-state index is 13.4. The van der Waals surface area contributed by atoms with Gasteiger partial charge in [0.25, 0.3) is 0 Å². The summed E-state index contributed by atoms with van der Waals surface area (Å²) >= 11 is 0. The van der Waals surface area contributed by atoms with Gasteiger partial charge in [-0.15, -0.1) is 0 Å². The highest BCUT2D eigenvalue weighted by Gasteiger charge is 2.31. The van der Waals surface area contributed by atoms with Gasteiger partial charge in [0.2, 0.25) is 5.91 Å². The molecule has 1 amide bonds. The van der Waals surface area contributed by atoms with Crippen molar-refractivity contribution in [3.8, 4) is 5.75 Å². The van der Waals surface area contributed by atoms with Crippen molar-refractivity contribution in [2.24, 2.45) is 11.3 Å². The molecular formula is C29H36N2O4. The lowest BCUT2D eigenvalue weighted by Gasteiger charge is -2.32. The van der Waals surface area contributed by atoms with Gasteiger partial charge in [-0.2, -0.15) is 0 Å². The molecule has 0 spiro atoms. The Bertz CT molecular complexity index is 1230. The zero-order chi connectivity index (χ0) is 25.9. The van der Waals surface area contributed by atoms with E-state index in [2.05, 4.69) is 0 Å². The van der Waals surface area contributed by atoms with Crippen LogP contribution in [0, 0.1) is 18.3 Å². The fourth-order valence-electron chi connectivity index (χ4n) is 4.28. The number of rotatable bonds is 8. The second kappa shape index (κ2) is 10.5. The number of pyridine rings is 1. The third-order valence-electron chi connectivity index (χ3n) is 6.02. The molecule has 1 atom stereocenters. The Balaban J connectivity index is 2.07. The molecule has 35 heavy (non-hydrogen) atoms. The summed E-state index contributed by atoms with van der Waals surface area (Å²) in [6.45, 7) is 12.3. The van der Waals surface area contributed by atoms with Crippen LogP contribution < -0.4 is 9.64 Å². The first-order chi connectivity index (χ1) is 16.4. The standard InChI is InChI=1S/C29H36N2O4/c1-18(2)17-31(28(34)29(4,5)6)25-15-20(12-13-26(25)35-7)23(27(32)33)16-21-14-19(3)22-10-8-9-11-24(22)30-21/h8-15,18,23H,16-17H2,1-7H3,(H,32,33). The molecule has 2 aromatic carbocycles. The first kappa shape index (κ1) is 26.2. The number of anilines is 1. The van der Waals surface area contributed by atoms with Gasteiger partial charge < -0.3 is 14.7 Å². The van der Waals surface area contributed by atoms with E-state index in [1.54, 1.807) is 30.2 Å². The Morgan fingerprint density at radius 1 is 1.09 bits per heavy atom. The van der Waals surface area contributed by atoms with Crippen LogP contribution in [-0.4, -0.2) is 35.6 Å². The molecule has 0 aliphatic rings. The van der Waals surface area contributed by atoms with Gasteiger partial charge in [0.05, 0.1) is 24.2 Å². The van der Waals surface area contributed by atoms with E-state index in [4.69, 9.17) is 9.72 Å². The van der Waals surface area contributed by atoms with Gasteiger partial charge in [-0.25, -0.2) is 0 Å². The van der Waals surface area contributed by atoms with Gasteiger partial charge in [-0.05, 0) is 48.2 Å². The van der Waals surface area contributed by atoms with E-state index in [0.29, 0.717) is 23.5 Å². The number of hydrogen-bond donors (Lipinski definition) is 1. The predicted molar refractivity (Wildman–Crippen MR) is 140 cm³/mol. The maximum atomic E-state index is 13.4. The SMILES string of the molecule is COc1ccc(C(Cc2cc(C)c3ccccc3n2)C(=O)O)cc1N(CC(C)C)C(=O)C(C)(C)C. The summed E-state index contributed by atoms with van der Waals surface area (Å²) in [4.78, 5) is 32.2. The van der Waals surface area contributed by atoms with Gasteiger partial charge in [-0.1, -0.05) is 58.9 Å². The van der Waals surface area contributed by atoms with Crippen LogP contribution in [0.15, 0.2) is 48.5 Å². The third kappa shape index (κ3) is 5.99. The Labute approximate surface area is 207 Å². The van der Waals surface area contributed by atoms with E-state index in [-0.39, 0.29) is 18.2 Å². The largest absolute Gasteiger partial charge is 0.495 e. The average molecular weight is 477 g/mol. The summed E-state index contributed by atoms with van der Waals surface area (Å²) in [5.74, 6) is -1.05. The Kier molecular flexibility index (Phi) is 7.83. The van der Waals surface area contributed by atoms with Crippen molar-refractivity contribution in [1.82, 2.24) is 4.98 Å². The van der Waals surface area contributed by atoms with Crippen molar-refractivity contribution in [1.29, 1.82) is 0 Å². The maximum Gasteiger partial charge on any atom is 0.311 e. The second-order valence-corrected chi connectivity index (χ2v) is 10.5. The molecule has 6 nitrogen and oxygen atoms in total. The number of para-hydroxylation sites is 1. The van der Waals surface area contributed by atoms with Crippen LogP contribution >= 0.6 is 0 Å². The van der Waals surface area contributed by atoms with E-state index >= 15 is 0 Å². The summed E-state index contributed by atoms with van der Waals surface area (Å²) in [7, 11) is 1.56. The quantitative estimate of drug-likeness (QED) is 0.431. The summed E-state index contributed by atoms with van der Waals surface area (Å²) in [6, 6.07) is 15.1. The molecule has 0 fully saturated rings. The molecule has 0 bridgehead atoms. The number of hydrogen-bond acceptors (Lipinski definition) is 4. The molecule has 1 heterocycles. The zero-order valence-corrected chi connectivity index (χ0v) is 21.8. The number of benzene rings is 2. The monoisotopic (exact) mass is 476 g/mol.